The molecule has 0 aliphatic carbocycles. The second-order valence-electron chi connectivity index (χ2n) is 5.10. The molecule has 0 bridgehead atoms. The Bertz CT molecular complexity index is 889. The van der Waals surface area contributed by atoms with Crippen LogP contribution in [0.25, 0.3) is 16.7 Å². The molecular formula is C17H15N5O. The number of benzene rings is 2. The van der Waals surface area contributed by atoms with Crippen molar-refractivity contribution in [1.29, 1.82) is 5.26 Å². The molecule has 0 unspecified atom stereocenters. The molecule has 0 aliphatic rings. The lowest BCUT2D eigenvalue weighted by Crippen LogP contribution is -2.09. The van der Waals surface area contributed by atoms with E-state index in [0.29, 0.717) is 11.2 Å². The minimum Gasteiger partial charge on any atom is -0.325 e. The van der Waals surface area contributed by atoms with Gasteiger partial charge >= 0.3 is 0 Å². The zero-order valence-electron chi connectivity index (χ0n) is 12.7. The first kappa shape index (κ1) is 14.7. The molecule has 0 radical (unpaired) electrons. The maximum absolute atomic E-state index is 11.5. The van der Waals surface area contributed by atoms with E-state index in [-0.39, 0.29) is 12.3 Å². The van der Waals surface area contributed by atoms with Crippen molar-refractivity contribution < 1.29 is 4.79 Å². The van der Waals surface area contributed by atoms with Crippen molar-refractivity contribution in [2.75, 3.05) is 5.32 Å². The minimum atomic E-state index is -0.339. The van der Waals surface area contributed by atoms with Crippen molar-refractivity contribution in [3.05, 3.63) is 48.0 Å². The molecule has 0 fully saturated rings. The molecular weight excluding hydrogens is 290 g/mol. The number of carbonyl (C=O) groups is 1. The number of rotatable bonds is 4. The van der Waals surface area contributed by atoms with Crippen molar-refractivity contribution in [2.24, 2.45) is 0 Å². The van der Waals surface area contributed by atoms with Crippen molar-refractivity contribution in [1.82, 2.24) is 15.0 Å². The maximum atomic E-state index is 11.5. The monoisotopic (exact) mass is 305 g/mol. The summed E-state index contributed by atoms with van der Waals surface area (Å²) < 4.78 is 0. The summed E-state index contributed by atoms with van der Waals surface area (Å²) in [6, 6.07) is 15.2. The van der Waals surface area contributed by atoms with E-state index in [1.54, 1.807) is 23.0 Å². The Labute approximate surface area is 133 Å². The van der Waals surface area contributed by atoms with Gasteiger partial charge in [0, 0.05) is 5.69 Å². The van der Waals surface area contributed by atoms with Gasteiger partial charge in [-0.25, -0.2) is 0 Å². The Morgan fingerprint density at radius 2 is 1.91 bits per heavy atom. The van der Waals surface area contributed by atoms with Crippen LogP contribution in [0.15, 0.2) is 42.5 Å². The van der Waals surface area contributed by atoms with Crippen LogP contribution in [-0.2, 0) is 11.2 Å². The molecule has 1 N–H and O–H groups in total. The van der Waals surface area contributed by atoms with Gasteiger partial charge in [0.05, 0.1) is 11.8 Å². The van der Waals surface area contributed by atoms with E-state index in [9.17, 15) is 4.79 Å². The second-order valence-corrected chi connectivity index (χ2v) is 5.10. The lowest BCUT2D eigenvalue weighted by Gasteiger charge is -2.01. The smallest absolute Gasteiger partial charge is 0.238 e. The number of anilines is 1. The maximum Gasteiger partial charge on any atom is 0.238 e. The summed E-state index contributed by atoms with van der Waals surface area (Å²) in [4.78, 5) is 13.0. The molecule has 0 saturated carbocycles. The van der Waals surface area contributed by atoms with Crippen LogP contribution in [-0.4, -0.2) is 20.9 Å². The zero-order chi connectivity index (χ0) is 16.2. The number of nitriles is 1. The van der Waals surface area contributed by atoms with E-state index in [1.807, 2.05) is 18.2 Å². The van der Waals surface area contributed by atoms with Crippen LogP contribution in [0.2, 0.25) is 0 Å². The van der Waals surface area contributed by atoms with Gasteiger partial charge in [-0.15, -0.1) is 10.2 Å². The highest BCUT2D eigenvalue weighted by atomic mass is 16.1. The number of hydrogen-bond acceptors (Lipinski definition) is 4. The molecule has 1 heterocycles. The van der Waals surface area contributed by atoms with Crippen molar-refractivity contribution in [3.8, 4) is 11.8 Å². The quantitative estimate of drug-likeness (QED) is 0.803. The van der Waals surface area contributed by atoms with E-state index in [2.05, 4.69) is 34.6 Å². The fourth-order valence-corrected chi connectivity index (χ4v) is 2.25. The summed E-state index contributed by atoms with van der Waals surface area (Å²) in [5.74, 6) is -0.339. The van der Waals surface area contributed by atoms with E-state index < -0.39 is 0 Å². The molecule has 0 atom stereocenters. The third kappa shape index (κ3) is 3.19. The highest BCUT2D eigenvalue weighted by Crippen LogP contribution is 2.18. The Kier molecular flexibility index (Phi) is 4.02. The van der Waals surface area contributed by atoms with Gasteiger partial charge in [0.15, 0.2) is 0 Å². The molecule has 23 heavy (non-hydrogen) atoms. The van der Waals surface area contributed by atoms with Crippen LogP contribution in [0.4, 0.5) is 5.69 Å². The second kappa shape index (κ2) is 6.28. The van der Waals surface area contributed by atoms with Crippen LogP contribution < -0.4 is 5.32 Å². The molecule has 0 aliphatic heterocycles. The lowest BCUT2D eigenvalue weighted by atomic mass is 10.2. The minimum absolute atomic E-state index is 0.172. The van der Waals surface area contributed by atoms with Crippen LogP contribution in [0.5, 0.6) is 0 Å². The van der Waals surface area contributed by atoms with Gasteiger partial charge in [-0.3, -0.25) is 4.79 Å². The molecule has 3 aromatic rings. The molecule has 1 amide bonds. The van der Waals surface area contributed by atoms with Crippen molar-refractivity contribution in [2.45, 2.75) is 19.8 Å². The first-order valence-corrected chi connectivity index (χ1v) is 7.33. The Hall–Kier alpha value is -3.20. The highest BCUT2D eigenvalue weighted by molar-refractivity contribution is 5.93. The van der Waals surface area contributed by atoms with Gasteiger partial charge in [0.2, 0.25) is 5.91 Å². The van der Waals surface area contributed by atoms with Gasteiger partial charge in [-0.2, -0.15) is 10.1 Å². The Morgan fingerprint density at radius 1 is 1.17 bits per heavy atom. The number of aryl methyl sites for hydroxylation is 1. The highest BCUT2D eigenvalue weighted by Gasteiger charge is 2.07. The molecule has 0 spiro atoms. The average Bonchev–Trinajstić information content (AvgIpc) is 2.98. The fraction of sp³-hybridized carbons (Fsp3) is 0.176. The van der Waals surface area contributed by atoms with Crippen LogP contribution >= 0.6 is 0 Å². The Morgan fingerprint density at radius 3 is 2.61 bits per heavy atom. The summed E-state index contributed by atoms with van der Waals surface area (Å²) in [6.07, 6.45) is 0.815. The predicted octanol–water partition coefficient (Wildman–Crippen LogP) is 2.84. The molecule has 1 aromatic heterocycles. The molecule has 3 rings (SSSR count). The van der Waals surface area contributed by atoms with E-state index >= 15 is 0 Å². The summed E-state index contributed by atoms with van der Waals surface area (Å²) in [5.41, 5.74) is 4.16. The number of aromatic nitrogens is 3. The molecule has 114 valence electrons. The average molecular weight is 305 g/mol. The van der Waals surface area contributed by atoms with Gasteiger partial charge in [-0.1, -0.05) is 19.1 Å². The van der Waals surface area contributed by atoms with E-state index in [0.717, 1.165) is 17.6 Å². The van der Waals surface area contributed by atoms with Gasteiger partial charge in [0.25, 0.3) is 0 Å². The van der Waals surface area contributed by atoms with Gasteiger partial charge in [-0.05, 0) is 42.3 Å². The number of carbonyl (C=O) groups excluding carboxylic acids is 1. The number of amides is 1. The summed E-state index contributed by atoms with van der Waals surface area (Å²) in [6.45, 7) is 2.11. The molecule has 0 saturated heterocycles. The summed E-state index contributed by atoms with van der Waals surface area (Å²) in [5, 5.41) is 20.1. The number of nitrogens with zero attached hydrogens (tertiary/aromatic N) is 4. The first-order chi connectivity index (χ1) is 11.2. The number of fused-ring (bicyclic) bond motifs is 1. The summed E-state index contributed by atoms with van der Waals surface area (Å²) in [7, 11) is 0. The van der Waals surface area contributed by atoms with Gasteiger partial charge in [0.1, 0.15) is 17.5 Å². The normalized spacial score (nSPS) is 10.4. The van der Waals surface area contributed by atoms with E-state index in [4.69, 9.17) is 5.26 Å². The number of nitrogens with one attached hydrogen (secondary N) is 1. The zero-order valence-corrected chi connectivity index (χ0v) is 12.7. The topological polar surface area (TPSA) is 83.6 Å². The largest absolute Gasteiger partial charge is 0.325 e. The third-order valence-corrected chi connectivity index (χ3v) is 3.48. The predicted molar refractivity (Wildman–Crippen MR) is 87.1 cm³/mol. The molecule has 2 aromatic carbocycles. The van der Waals surface area contributed by atoms with E-state index in [1.165, 1.54) is 5.56 Å². The molecule has 6 heteroatoms. The summed E-state index contributed by atoms with van der Waals surface area (Å²) >= 11 is 0. The first-order valence-electron chi connectivity index (χ1n) is 7.33. The van der Waals surface area contributed by atoms with Crippen molar-refractivity contribution in [3.63, 3.8) is 0 Å². The van der Waals surface area contributed by atoms with Crippen molar-refractivity contribution >= 4 is 22.6 Å². The Balaban J connectivity index is 1.89. The third-order valence-electron chi connectivity index (χ3n) is 3.48. The van der Waals surface area contributed by atoms with Gasteiger partial charge < -0.3 is 5.32 Å². The van der Waals surface area contributed by atoms with Crippen LogP contribution in [0.1, 0.15) is 18.9 Å². The standard InChI is InChI=1S/C17H15N5O/c1-2-12-3-6-14(7-4-12)22-20-15-8-5-13(11-16(15)21-22)19-17(23)9-10-18/h3-8,11H,2,9H2,1H3,(H,19,23). The molecule has 6 nitrogen and oxygen atoms in total. The SMILES string of the molecule is CCc1ccc(-n2nc3ccc(NC(=O)CC#N)cc3n2)cc1. The fourth-order valence-electron chi connectivity index (χ4n) is 2.25. The van der Waals surface area contributed by atoms with Crippen LogP contribution in [0, 0.1) is 11.3 Å². The number of hydrogen-bond donors (Lipinski definition) is 1. The lowest BCUT2D eigenvalue weighted by molar-refractivity contribution is -0.115. The van der Waals surface area contributed by atoms with Crippen LogP contribution in [0.3, 0.4) is 0 Å².